The quantitative estimate of drug-likeness (QED) is 0.588. The van der Waals surface area contributed by atoms with Crippen molar-refractivity contribution in [2.75, 3.05) is 13.2 Å². The molecule has 6 heteroatoms. The van der Waals surface area contributed by atoms with Gasteiger partial charge >= 0.3 is 5.97 Å². The molecule has 0 saturated carbocycles. The van der Waals surface area contributed by atoms with Gasteiger partial charge in [0.1, 0.15) is 34.6 Å². The van der Waals surface area contributed by atoms with Gasteiger partial charge in [0.15, 0.2) is 0 Å². The van der Waals surface area contributed by atoms with Crippen molar-refractivity contribution in [2.45, 2.75) is 20.8 Å². The van der Waals surface area contributed by atoms with Crippen molar-refractivity contribution in [1.29, 1.82) is 0 Å². The number of ether oxygens (including phenoxy) is 2. The highest BCUT2D eigenvalue weighted by Gasteiger charge is 2.15. The second-order valence-electron chi connectivity index (χ2n) is 6.16. The van der Waals surface area contributed by atoms with Crippen LogP contribution in [0.15, 0.2) is 42.5 Å². The van der Waals surface area contributed by atoms with Crippen molar-refractivity contribution in [3.8, 4) is 22.1 Å². The van der Waals surface area contributed by atoms with Gasteiger partial charge in [-0.25, -0.2) is 9.78 Å². The Labute approximate surface area is 162 Å². The lowest BCUT2D eigenvalue weighted by atomic mass is 10.1. The van der Waals surface area contributed by atoms with Gasteiger partial charge in [-0.1, -0.05) is 24.3 Å². The van der Waals surface area contributed by atoms with E-state index in [-0.39, 0.29) is 4.88 Å². The fourth-order valence-corrected chi connectivity index (χ4v) is 3.53. The molecule has 3 aromatic rings. The lowest BCUT2D eigenvalue weighted by Gasteiger charge is -2.12. The molecule has 1 N–H and O–H groups in total. The molecule has 1 aromatic heterocycles. The molecule has 3 rings (SSSR count). The third-order valence-corrected chi connectivity index (χ3v) is 5.43. The predicted molar refractivity (Wildman–Crippen MR) is 106 cm³/mol. The first-order chi connectivity index (χ1) is 13.0. The molecule has 0 atom stereocenters. The van der Waals surface area contributed by atoms with Crippen LogP contribution >= 0.6 is 11.3 Å². The highest BCUT2D eigenvalue weighted by Crippen LogP contribution is 2.30. The molecule has 0 radical (unpaired) electrons. The smallest absolute Gasteiger partial charge is 0.347 e. The number of hydrogen-bond acceptors (Lipinski definition) is 5. The second kappa shape index (κ2) is 8.22. The van der Waals surface area contributed by atoms with Crippen LogP contribution in [0.1, 0.15) is 26.5 Å². The van der Waals surface area contributed by atoms with Crippen molar-refractivity contribution in [1.82, 2.24) is 4.98 Å². The zero-order chi connectivity index (χ0) is 19.4. The minimum Gasteiger partial charge on any atom is -0.490 e. The summed E-state index contributed by atoms with van der Waals surface area (Å²) < 4.78 is 11.6. The standard InChI is InChI=1S/C21H21NO4S/c1-13-6-4-9-18(14(13)2)26-11-10-25-17-8-5-7-16(12-17)20-22-15(3)19(27-20)21(23)24/h4-9,12H,10-11H2,1-3H3,(H,23,24). The Kier molecular flexibility index (Phi) is 5.76. The largest absolute Gasteiger partial charge is 0.490 e. The van der Waals surface area contributed by atoms with E-state index in [1.807, 2.05) is 43.3 Å². The summed E-state index contributed by atoms with van der Waals surface area (Å²) in [5, 5.41) is 9.85. The summed E-state index contributed by atoms with van der Waals surface area (Å²) in [5.74, 6) is 0.612. The van der Waals surface area contributed by atoms with Crippen molar-refractivity contribution in [2.24, 2.45) is 0 Å². The fraction of sp³-hybridized carbons (Fsp3) is 0.238. The molecular formula is C21H21NO4S. The Balaban J connectivity index is 1.62. The van der Waals surface area contributed by atoms with Crippen LogP contribution in [0, 0.1) is 20.8 Å². The van der Waals surface area contributed by atoms with Crippen molar-refractivity contribution < 1.29 is 19.4 Å². The van der Waals surface area contributed by atoms with Crippen LogP contribution in [0.4, 0.5) is 0 Å². The van der Waals surface area contributed by atoms with Gasteiger partial charge in [-0.2, -0.15) is 0 Å². The van der Waals surface area contributed by atoms with Crippen molar-refractivity contribution in [3.63, 3.8) is 0 Å². The van der Waals surface area contributed by atoms with Gasteiger partial charge in [0, 0.05) is 5.56 Å². The molecule has 140 valence electrons. The average Bonchev–Trinajstić information content (AvgIpc) is 3.04. The number of carbonyl (C=O) groups is 1. The molecule has 5 nitrogen and oxygen atoms in total. The maximum absolute atomic E-state index is 11.2. The molecule has 0 spiro atoms. The molecule has 0 saturated heterocycles. The van der Waals surface area contributed by atoms with Gasteiger partial charge in [-0.3, -0.25) is 0 Å². The molecule has 0 unspecified atom stereocenters. The zero-order valence-corrected chi connectivity index (χ0v) is 16.3. The molecule has 2 aromatic carbocycles. The average molecular weight is 383 g/mol. The minimum atomic E-state index is -0.952. The molecule has 0 fully saturated rings. The number of hydrogen-bond donors (Lipinski definition) is 1. The summed E-state index contributed by atoms with van der Waals surface area (Å²) in [6.45, 7) is 6.65. The first-order valence-corrected chi connectivity index (χ1v) is 9.40. The Morgan fingerprint density at radius 1 is 1.07 bits per heavy atom. The Hall–Kier alpha value is -2.86. The highest BCUT2D eigenvalue weighted by atomic mass is 32.1. The number of carboxylic acids is 1. The first kappa shape index (κ1) is 18.9. The molecule has 1 heterocycles. The van der Waals surface area contributed by atoms with E-state index in [1.165, 1.54) is 16.9 Å². The molecule has 0 aliphatic rings. The van der Waals surface area contributed by atoms with Crippen LogP contribution < -0.4 is 9.47 Å². The molecule has 0 amide bonds. The number of thiazole rings is 1. The number of nitrogens with zero attached hydrogens (tertiary/aromatic N) is 1. The summed E-state index contributed by atoms with van der Waals surface area (Å²) in [7, 11) is 0. The third kappa shape index (κ3) is 4.46. The monoisotopic (exact) mass is 383 g/mol. The normalized spacial score (nSPS) is 10.6. The van der Waals surface area contributed by atoms with Gasteiger partial charge in [-0.15, -0.1) is 11.3 Å². The molecule has 0 aliphatic heterocycles. The van der Waals surface area contributed by atoms with E-state index in [4.69, 9.17) is 9.47 Å². The molecule has 0 aliphatic carbocycles. The number of aromatic nitrogens is 1. The highest BCUT2D eigenvalue weighted by molar-refractivity contribution is 7.17. The lowest BCUT2D eigenvalue weighted by molar-refractivity contribution is 0.0701. The van der Waals surface area contributed by atoms with Gasteiger partial charge < -0.3 is 14.6 Å². The first-order valence-electron chi connectivity index (χ1n) is 8.58. The maximum Gasteiger partial charge on any atom is 0.347 e. The van der Waals surface area contributed by atoms with E-state index in [2.05, 4.69) is 18.0 Å². The number of rotatable bonds is 7. The summed E-state index contributed by atoms with van der Waals surface area (Å²) in [4.78, 5) is 15.8. The Morgan fingerprint density at radius 2 is 1.81 bits per heavy atom. The minimum absolute atomic E-state index is 0.262. The summed E-state index contributed by atoms with van der Waals surface area (Å²) >= 11 is 1.17. The van der Waals surface area contributed by atoms with Gasteiger partial charge in [-0.05, 0) is 50.1 Å². The van der Waals surface area contributed by atoms with E-state index in [9.17, 15) is 9.90 Å². The van der Waals surface area contributed by atoms with E-state index in [1.54, 1.807) is 6.92 Å². The van der Waals surface area contributed by atoms with E-state index < -0.39 is 5.97 Å². The Bertz CT molecular complexity index is 965. The van der Waals surface area contributed by atoms with E-state index >= 15 is 0 Å². The summed E-state index contributed by atoms with van der Waals surface area (Å²) in [6, 6.07) is 13.5. The zero-order valence-electron chi connectivity index (χ0n) is 15.5. The number of benzene rings is 2. The van der Waals surface area contributed by atoms with Crippen LogP contribution in [0.2, 0.25) is 0 Å². The molecule has 0 bridgehead atoms. The lowest BCUT2D eigenvalue weighted by Crippen LogP contribution is -2.09. The predicted octanol–water partition coefficient (Wildman–Crippen LogP) is 4.89. The number of carboxylic acid groups (broad SMARTS) is 1. The fourth-order valence-electron chi connectivity index (χ4n) is 2.63. The third-order valence-electron chi connectivity index (χ3n) is 4.24. The van der Waals surface area contributed by atoms with Crippen LogP contribution in [-0.2, 0) is 0 Å². The summed E-state index contributed by atoms with van der Waals surface area (Å²) in [6.07, 6.45) is 0. The van der Waals surface area contributed by atoms with E-state index in [0.717, 1.165) is 16.9 Å². The molecule has 27 heavy (non-hydrogen) atoms. The Morgan fingerprint density at radius 3 is 2.56 bits per heavy atom. The molecular weight excluding hydrogens is 362 g/mol. The van der Waals surface area contributed by atoms with Crippen LogP contribution in [0.5, 0.6) is 11.5 Å². The SMILES string of the molecule is Cc1cccc(OCCOc2cccc(-c3nc(C)c(C(=O)O)s3)c2)c1C. The van der Waals surface area contributed by atoms with E-state index in [0.29, 0.717) is 29.7 Å². The van der Waals surface area contributed by atoms with Gasteiger partial charge in [0.25, 0.3) is 0 Å². The number of aromatic carboxylic acids is 1. The van der Waals surface area contributed by atoms with Crippen LogP contribution in [0.3, 0.4) is 0 Å². The number of aryl methyl sites for hydroxylation is 2. The second-order valence-corrected chi connectivity index (χ2v) is 7.16. The van der Waals surface area contributed by atoms with Crippen molar-refractivity contribution in [3.05, 3.63) is 64.2 Å². The van der Waals surface area contributed by atoms with Crippen molar-refractivity contribution >= 4 is 17.3 Å². The van der Waals surface area contributed by atoms with Crippen LogP contribution in [0.25, 0.3) is 10.6 Å². The maximum atomic E-state index is 11.2. The summed E-state index contributed by atoms with van der Waals surface area (Å²) in [5.41, 5.74) is 3.69. The topological polar surface area (TPSA) is 68.7 Å². The van der Waals surface area contributed by atoms with Gasteiger partial charge in [0.05, 0.1) is 5.69 Å². The van der Waals surface area contributed by atoms with Crippen LogP contribution in [-0.4, -0.2) is 29.3 Å². The van der Waals surface area contributed by atoms with Gasteiger partial charge in [0.2, 0.25) is 0 Å².